The summed E-state index contributed by atoms with van der Waals surface area (Å²) in [5.74, 6) is -0.198. The van der Waals surface area contributed by atoms with Crippen molar-refractivity contribution in [3.05, 3.63) is 142 Å². The summed E-state index contributed by atoms with van der Waals surface area (Å²) < 4.78 is 0. The molecule has 0 saturated carbocycles. The Morgan fingerprint density at radius 2 is 1.34 bits per heavy atom. The monoisotopic (exact) mass is 462 g/mol. The summed E-state index contributed by atoms with van der Waals surface area (Å²) in [6, 6.07) is 32.7. The van der Waals surface area contributed by atoms with E-state index in [1.807, 2.05) is 91.0 Å². The number of nitrogens with zero attached hydrogens (tertiary/aromatic N) is 2. The van der Waals surface area contributed by atoms with Crippen LogP contribution in [0.4, 0.5) is 5.69 Å². The molecule has 5 rings (SSSR count). The minimum atomic E-state index is -0.579. The van der Waals surface area contributed by atoms with Crippen LogP contribution in [0.1, 0.15) is 34.5 Å². The van der Waals surface area contributed by atoms with Gasteiger partial charge >= 0.3 is 0 Å². The lowest BCUT2D eigenvalue weighted by molar-refractivity contribution is -0.384. The lowest BCUT2D eigenvalue weighted by Gasteiger charge is -2.23. The number of rotatable bonds is 7. The number of fused-ring (bicyclic) bond motifs is 1. The number of nitrogens with one attached hydrogen (secondary N) is 2. The van der Waals surface area contributed by atoms with Gasteiger partial charge in [0.15, 0.2) is 0 Å². The van der Waals surface area contributed by atoms with Crippen LogP contribution in [0.15, 0.2) is 109 Å². The van der Waals surface area contributed by atoms with Crippen LogP contribution < -0.4 is 5.32 Å². The molecule has 172 valence electrons. The van der Waals surface area contributed by atoms with Crippen LogP contribution >= 0.6 is 0 Å². The van der Waals surface area contributed by atoms with Crippen molar-refractivity contribution in [2.75, 3.05) is 0 Å². The molecule has 0 saturated heterocycles. The van der Waals surface area contributed by atoms with Gasteiger partial charge in [-0.1, -0.05) is 91.0 Å². The normalized spacial score (nSPS) is 11.9. The number of hydrogen-bond donors (Lipinski definition) is 2. The maximum atomic E-state index is 13.8. The van der Waals surface area contributed by atoms with Gasteiger partial charge in [-0.05, 0) is 22.8 Å². The lowest BCUT2D eigenvalue weighted by Crippen LogP contribution is -2.34. The van der Waals surface area contributed by atoms with Crippen LogP contribution in [-0.2, 0) is 4.79 Å². The molecule has 1 aromatic heterocycles. The highest BCUT2D eigenvalue weighted by molar-refractivity contribution is 5.88. The van der Waals surface area contributed by atoms with E-state index in [-0.39, 0.29) is 11.6 Å². The van der Waals surface area contributed by atoms with E-state index in [1.165, 1.54) is 12.1 Å². The fourth-order valence-electron chi connectivity index (χ4n) is 4.23. The van der Waals surface area contributed by atoms with E-state index in [4.69, 9.17) is 0 Å². The Hall–Kier alpha value is -4.78. The van der Waals surface area contributed by atoms with E-state index in [9.17, 15) is 14.9 Å². The molecular weight excluding hydrogens is 440 g/mol. The first-order chi connectivity index (χ1) is 17.1. The molecule has 0 radical (unpaired) electrons. The van der Waals surface area contributed by atoms with Crippen LogP contribution in [0.5, 0.6) is 0 Å². The van der Waals surface area contributed by atoms with Crippen LogP contribution in [0.2, 0.25) is 0 Å². The van der Waals surface area contributed by atoms with E-state index in [0.29, 0.717) is 16.9 Å². The molecule has 2 N–H and O–H groups in total. The Balaban J connectivity index is 1.56. The zero-order valence-corrected chi connectivity index (χ0v) is 18.7. The Morgan fingerprint density at radius 3 is 1.89 bits per heavy atom. The summed E-state index contributed by atoms with van der Waals surface area (Å²) in [6.45, 7) is 0. The number of aromatic amines is 1. The predicted octanol–water partition coefficient (Wildman–Crippen LogP) is 5.51. The number of non-ortho nitro benzene ring substituents is 1. The summed E-state index contributed by atoms with van der Waals surface area (Å²) in [6.07, 6.45) is 0. The highest BCUT2D eigenvalue weighted by Crippen LogP contribution is 2.29. The van der Waals surface area contributed by atoms with Crippen molar-refractivity contribution >= 4 is 22.6 Å². The molecular formula is C28H22N4O3. The van der Waals surface area contributed by atoms with Gasteiger partial charge in [-0.25, -0.2) is 4.98 Å². The number of amides is 1. The molecule has 0 fully saturated rings. The number of imidazole rings is 1. The number of hydrogen-bond acceptors (Lipinski definition) is 4. The zero-order valence-electron chi connectivity index (χ0n) is 18.7. The van der Waals surface area contributed by atoms with Crippen LogP contribution in [-0.4, -0.2) is 20.8 Å². The Morgan fingerprint density at radius 1 is 0.800 bits per heavy atom. The Labute approximate surface area is 201 Å². The zero-order chi connectivity index (χ0) is 24.2. The third-order valence-corrected chi connectivity index (χ3v) is 5.92. The molecule has 4 aromatic carbocycles. The van der Waals surface area contributed by atoms with Crippen molar-refractivity contribution in [1.29, 1.82) is 0 Å². The number of carbonyl (C=O) groups is 1. The molecule has 0 aliphatic carbocycles. The fourth-order valence-corrected chi connectivity index (χ4v) is 4.23. The van der Waals surface area contributed by atoms with Crippen molar-refractivity contribution in [2.45, 2.75) is 12.0 Å². The first-order valence-corrected chi connectivity index (χ1v) is 11.2. The van der Waals surface area contributed by atoms with Crippen molar-refractivity contribution in [3.63, 3.8) is 0 Å². The SMILES string of the molecule is O=C(NC(c1ccccc1)c1nc2ccc([N+](=O)[O-])cc2[nH]1)C(c1ccccc1)c1ccccc1. The molecule has 0 aliphatic rings. The van der Waals surface area contributed by atoms with Crippen molar-refractivity contribution in [3.8, 4) is 0 Å². The highest BCUT2D eigenvalue weighted by atomic mass is 16.6. The van der Waals surface area contributed by atoms with E-state index in [2.05, 4.69) is 15.3 Å². The Kier molecular flexibility index (Phi) is 6.05. The second-order valence-corrected chi connectivity index (χ2v) is 8.19. The molecule has 35 heavy (non-hydrogen) atoms. The quantitative estimate of drug-likeness (QED) is 0.246. The molecule has 0 aliphatic heterocycles. The first kappa shape index (κ1) is 22.0. The standard InChI is InChI=1S/C28H22N4O3/c33-28(25(19-10-4-1-5-11-19)20-12-6-2-7-13-20)31-26(21-14-8-3-9-15-21)27-29-23-17-16-22(32(34)35)18-24(23)30-27/h1-18,25-26H,(H,29,30)(H,31,33). The molecule has 7 nitrogen and oxygen atoms in total. The number of carbonyl (C=O) groups excluding carboxylic acids is 1. The van der Waals surface area contributed by atoms with Gasteiger partial charge in [0.05, 0.1) is 21.9 Å². The van der Waals surface area contributed by atoms with Gasteiger partial charge in [0.2, 0.25) is 5.91 Å². The van der Waals surface area contributed by atoms with E-state index in [1.54, 1.807) is 6.07 Å². The first-order valence-electron chi connectivity index (χ1n) is 11.2. The highest BCUT2D eigenvalue weighted by Gasteiger charge is 2.28. The van der Waals surface area contributed by atoms with Gasteiger partial charge in [-0.3, -0.25) is 14.9 Å². The van der Waals surface area contributed by atoms with Crippen molar-refractivity contribution < 1.29 is 9.72 Å². The molecule has 1 atom stereocenters. The van der Waals surface area contributed by atoms with Crippen LogP contribution in [0.3, 0.4) is 0 Å². The summed E-state index contributed by atoms with van der Waals surface area (Å²) in [4.78, 5) is 32.4. The molecule has 1 heterocycles. The minimum absolute atomic E-state index is 0.0267. The Bertz CT molecular complexity index is 1430. The fraction of sp³-hybridized carbons (Fsp3) is 0.0714. The summed E-state index contributed by atoms with van der Waals surface area (Å²) in [5.41, 5.74) is 3.69. The summed E-state index contributed by atoms with van der Waals surface area (Å²) in [7, 11) is 0. The van der Waals surface area contributed by atoms with Gasteiger partial charge in [0.1, 0.15) is 11.9 Å². The molecule has 1 amide bonds. The molecule has 0 spiro atoms. The van der Waals surface area contributed by atoms with Crippen molar-refractivity contribution in [2.24, 2.45) is 0 Å². The van der Waals surface area contributed by atoms with Crippen LogP contribution in [0.25, 0.3) is 11.0 Å². The molecule has 1 unspecified atom stereocenters. The maximum absolute atomic E-state index is 13.8. The second-order valence-electron chi connectivity index (χ2n) is 8.19. The van der Waals surface area contributed by atoms with Gasteiger partial charge in [-0.15, -0.1) is 0 Å². The number of nitro groups is 1. The number of nitro benzene ring substituents is 1. The van der Waals surface area contributed by atoms with Gasteiger partial charge < -0.3 is 10.3 Å². The van der Waals surface area contributed by atoms with E-state index in [0.717, 1.165) is 16.7 Å². The third kappa shape index (κ3) is 4.65. The van der Waals surface area contributed by atoms with E-state index >= 15 is 0 Å². The van der Waals surface area contributed by atoms with Gasteiger partial charge in [0, 0.05) is 12.1 Å². The summed E-state index contributed by atoms with van der Waals surface area (Å²) >= 11 is 0. The van der Waals surface area contributed by atoms with Crippen LogP contribution in [0, 0.1) is 10.1 Å². The molecule has 7 heteroatoms. The summed E-state index contributed by atoms with van der Waals surface area (Å²) in [5, 5.41) is 14.4. The molecule has 5 aromatic rings. The maximum Gasteiger partial charge on any atom is 0.271 e. The second kappa shape index (κ2) is 9.61. The third-order valence-electron chi connectivity index (χ3n) is 5.92. The van der Waals surface area contributed by atoms with E-state index < -0.39 is 16.9 Å². The lowest BCUT2D eigenvalue weighted by atomic mass is 9.90. The number of H-pyrrole nitrogens is 1. The topological polar surface area (TPSA) is 101 Å². The number of benzene rings is 4. The smallest absolute Gasteiger partial charge is 0.271 e. The van der Waals surface area contributed by atoms with Gasteiger partial charge in [-0.2, -0.15) is 0 Å². The average Bonchev–Trinajstić information content (AvgIpc) is 3.32. The minimum Gasteiger partial charge on any atom is -0.341 e. The van der Waals surface area contributed by atoms with Gasteiger partial charge in [0.25, 0.3) is 5.69 Å². The predicted molar refractivity (Wildman–Crippen MR) is 134 cm³/mol. The largest absolute Gasteiger partial charge is 0.341 e. The average molecular weight is 463 g/mol. The number of aromatic nitrogens is 2. The molecule has 0 bridgehead atoms. The van der Waals surface area contributed by atoms with Crippen molar-refractivity contribution in [1.82, 2.24) is 15.3 Å².